The van der Waals surface area contributed by atoms with Crippen LogP contribution in [0.4, 0.5) is 13.2 Å². The molecule has 2 aromatic rings. The van der Waals surface area contributed by atoms with Gasteiger partial charge in [0.15, 0.2) is 8.32 Å². The van der Waals surface area contributed by atoms with Crippen molar-refractivity contribution in [2.45, 2.75) is 117 Å². The molecule has 1 aliphatic carbocycles. The smallest absolute Gasteiger partial charge is 0.410 e. The van der Waals surface area contributed by atoms with Crippen molar-refractivity contribution in [3.8, 4) is 0 Å². The van der Waals surface area contributed by atoms with Crippen LogP contribution in [0.25, 0.3) is 0 Å². The second kappa shape index (κ2) is 10.9. The van der Waals surface area contributed by atoms with Gasteiger partial charge >= 0.3 is 6.18 Å². The van der Waals surface area contributed by atoms with E-state index in [0.29, 0.717) is 16.8 Å². The molecule has 0 radical (unpaired) electrons. The van der Waals surface area contributed by atoms with E-state index in [2.05, 4.69) is 61.6 Å². The molecular weight excluding hydrogens is 519 g/mol. The van der Waals surface area contributed by atoms with Gasteiger partial charge < -0.3 is 14.3 Å². The van der Waals surface area contributed by atoms with E-state index in [1.807, 2.05) is 6.92 Å². The lowest BCUT2D eigenvalue weighted by Gasteiger charge is -2.45. The fraction of sp³-hybridized carbons (Fsp3) is 0.645. The molecule has 0 saturated heterocycles. The molecule has 0 aliphatic heterocycles. The molecular formula is C31H46F3NO3Si. The van der Waals surface area contributed by atoms with E-state index in [9.17, 15) is 18.3 Å². The normalized spacial score (nSPS) is 19.6. The lowest BCUT2D eigenvalue weighted by molar-refractivity contribution is -0.137. The molecule has 1 N–H and O–H groups in total. The highest BCUT2D eigenvalue weighted by Crippen LogP contribution is 2.51. The molecule has 1 aliphatic rings. The number of hydrogen-bond donors (Lipinski definition) is 1. The van der Waals surface area contributed by atoms with Crippen LogP contribution in [0.1, 0.15) is 125 Å². The highest BCUT2D eigenvalue weighted by atomic mass is 28.4. The molecule has 0 spiro atoms. The van der Waals surface area contributed by atoms with E-state index >= 15 is 0 Å². The van der Waals surface area contributed by atoms with Crippen LogP contribution in [0.15, 0.2) is 24.3 Å². The summed E-state index contributed by atoms with van der Waals surface area (Å²) in [7, 11) is -0.578. The van der Waals surface area contributed by atoms with Gasteiger partial charge in [0.25, 0.3) is 0 Å². The average molecular weight is 566 g/mol. The summed E-state index contributed by atoms with van der Waals surface area (Å²) in [6.45, 7) is 21.7. The van der Waals surface area contributed by atoms with Crippen LogP contribution in [0.2, 0.25) is 18.1 Å². The van der Waals surface area contributed by atoms with Gasteiger partial charge in [0, 0.05) is 23.9 Å². The number of benzene rings is 1. The van der Waals surface area contributed by atoms with Crippen LogP contribution < -0.4 is 0 Å². The molecule has 0 bridgehead atoms. The van der Waals surface area contributed by atoms with Gasteiger partial charge in [0.1, 0.15) is 6.10 Å². The van der Waals surface area contributed by atoms with Crippen molar-refractivity contribution in [2.24, 2.45) is 5.41 Å². The highest BCUT2D eigenvalue weighted by molar-refractivity contribution is 6.74. The van der Waals surface area contributed by atoms with E-state index in [0.717, 1.165) is 41.8 Å². The topological polar surface area (TPSA) is 51.6 Å². The minimum Gasteiger partial charge on any atom is -0.410 e. The third-order valence-electron chi connectivity index (χ3n) is 8.51. The van der Waals surface area contributed by atoms with Gasteiger partial charge in [-0.2, -0.15) is 13.2 Å². The number of rotatable bonds is 7. The molecule has 4 nitrogen and oxygen atoms in total. The van der Waals surface area contributed by atoms with E-state index in [1.54, 1.807) is 7.11 Å². The maximum Gasteiger partial charge on any atom is 0.416 e. The minimum atomic E-state index is -4.45. The van der Waals surface area contributed by atoms with Gasteiger partial charge in [-0.05, 0) is 72.5 Å². The van der Waals surface area contributed by atoms with Crippen LogP contribution >= 0.6 is 0 Å². The zero-order valence-electron chi connectivity index (χ0n) is 25.4. The summed E-state index contributed by atoms with van der Waals surface area (Å²) >= 11 is 0. The number of halogens is 3. The number of aromatic nitrogens is 1. The van der Waals surface area contributed by atoms with Crippen LogP contribution in [0.5, 0.6) is 0 Å². The molecule has 3 atom stereocenters. The molecule has 0 saturated carbocycles. The van der Waals surface area contributed by atoms with Crippen molar-refractivity contribution in [3.05, 3.63) is 63.5 Å². The second-order valence-corrected chi connectivity index (χ2v) is 18.4. The van der Waals surface area contributed by atoms with E-state index in [4.69, 9.17) is 14.1 Å². The number of aliphatic hydroxyl groups is 1. The lowest BCUT2D eigenvalue weighted by atomic mass is 9.71. The van der Waals surface area contributed by atoms with E-state index in [-0.39, 0.29) is 22.5 Å². The SMILES string of the molecule is COC(C)c1nc2c(c(C(C)C)c1C(O)c1ccc(C(F)(F)F)cc1)[C@@H](O[Si](C)(C)C(C)(C)C)CC(C)(C)C2. The Hall–Kier alpha value is -1.74. The summed E-state index contributed by atoms with van der Waals surface area (Å²) in [5, 5.41) is 11.8. The van der Waals surface area contributed by atoms with Crippen LogP contribution in [-0.4, -0.2) is 25.5 Å². The second-order valence-electron chi connectivity index (χ2n) is 13.7. The fourth-order valence-corrected chi connectivity index (χ4v) is 6.58. The number of methoxy groups -OCH3 is 1. The first kappa shape index (κ1) is 31.8. The Morgan fingerprint density at radius 1 is 1.03 bits per heavy atom. The minimum absolute atomic E-state index is 0.00720. The Kier molecular flexibility index (Phi) is 8.89. The molecule has 1 heterocycles. The predicted octanol–water partition coefficient (Wildman–Crippen LogP) is 9.05. The Bertz CT molecular complexity index is 1170. The van der Waals surface area contributed by atoms with Crippen LogP contribution in [-0.2, 0) is 21.8 Å². The molecule has 0 amide bonds. The monoisotopic (exact) mass is 565 g/mol. The Labute approximate surface area is 233 Å². The molecule has 1 aromatic carbocycles. The van der Waals surface area contributed by atoms with Crippen molar-refractivity contribution in [3.63, 3.8) is 0 Å². The first-order valence-corrected chi connectivity index (χ1v) is 16.7. The van der Waals surface area contributed by atoms with E-state index < -0.39 is 32.3 Å². The number of fused-ring (bicyclic) bond motifs is 1. The summed E-state index contributed by atoms with van der Waals surface area (Å²) in [6, 6.07) is 4.74. The number of pyridine rings is 1. The summed E-state index contributed by atoms with van der Waals surface area (Å²) in [5.41, 5.74) is 3.78. The molecule has 218 valence electrons. The first-order valence-electron chi connectivity index (χ1n) is 13.8. The standard InChI is InChI=1S/C31H46F3NO3Si/c1-18(2)24-25-22(16-30(7,8)17-23(25)38-39(10,11)29(4,5)6)35-27(19(3)37-9)26(24)28(36)20-12-14-21(15-13-20)31(32,33)34/h12-15,18-19,23,28,36H,16-17H2,1-11H3/t19?,23-,28?/m0/s1. The predicted molar refractivity (Wildman–Crippen MR) is 152 cm³/mol. The summed E-state index contributed by atoms with van der Waals surface area (Å²) in [5.74, 6) is 0.00961. The Morgan fingerprint density at radius 3 is 2.05 bits per heavy atom. The molecule has 39 heavy (non-hydrogen) atoms. The zero-order valence-corrected chi connectivity index (χ0v) is 26.4. The van der Waals surface area contributed by atoms with E-state index in [1.165, 1.54) is 12.1 Å². The zero-order chi connectivity index (χ0) is 29.7. The lowest BCUT2D eigenvalue weighted by Crippen LogP contribution is -2.44. The number of ether oxygens (including phenoxy) is 1. The van der Waals surface area contributed by atoms with Gasteiger partial charge in [-0.3, -0.25) is 4.98 Å². The van der Waals surface area contributed by atoms with Gasteiger partial charge in [-0.25, -0.2) is 0 Å². The largest absolute Gasteiger partial charge is 0.416 e. The summed E-state index contributed by atoms with van der Waals surface area (Å²) < 4.78 is 52.5. The number of hydrogen-bond acceptors (Lipinski definition) is 4. The molecule has 8 heteroatoms. The van der Waals surface area contributed by atoms with Gasteiger partial charge in [0.2, 0.25) is 0 Å². The van der Waals surface area contributed by atoms with Crippen molar-refractivity contribution in [1.29, 1.82) is 0 Å². The summed E-state index contributed by atoms with van der Waals surface area (Å²) in [4.78, 5) is 5.14. The highest BCUT2D eigenvalue weighted by Gasteiger charge is 2.45. The molecule has 2 unspecified atom stereocenters. The number of nitrogens with zero attached hydrogens (tertiary/aromatic N) is 1. The Morgan fingerprint density at radius 2 is 1.59 bits per heavy atom. The van der Waals surface area contributed by atoms with Gasteiger partial charge in [-0.15, -0.1) is 0 Å². The molecule has 3 rings (SSSR count). The van der Waals surface area contributed by atoms with Crippen molar-refractivity contribution >= 4 is 8.32 Å². The third kappa shape index (κ3) is 6.61. The molecule has 0 fully saturated rings. The Balaban J connectivity index is 2.31. The van der Waals surface area contributed by atoms with Gasteiger partial charge in [0.05, 0.1) is 23.5 Å². The maximum atomic E-state index is 13.2. The number of aliphatic hydroxyl groups excluding tert-OH is 1. The average Bonchev–Trinajstić information content (AvgIpc) is 2.79. The van der Waals surface area contributed by atoms with Gasteiger partial charge in [-0.1, -0.05) is 60.6 Å². The maximum absolute atomic E-state index is 13.2. The third-order valence-corrected chi connectivity index (χ3v) is 13.0. The molecule has 1 aromatic heterocycles. The van der Waals surface area contributed by atoms with Crippen LogP contribution in [0.3, 0.4) is 0 Å². The number of alkyl halides is 3. The van der Waals surface area contributed by atoms with Crippen molar-refractivity contribution in [1.82, 2.24) is 4.98 Å². The fourth-order valence-electron chi connectivity index (χ4n) is 5.31. The first-order chi connectivity index (χ1) is 17.7. The van der Waals surface area contributed by atoms with Crippen molar-refractivity contribution < 1.29 is 27.4 Å². The van der Waals surface area contributed by atoms with Crippen LogP contribution in [0, 0.1) is 5.41 Å². The van der Waals surface area contributed by atoms with Crippen molar-refractivity contribution in [2.75, 3.05) is 7.11 Å². The summed E-state index contributed by atoms with van der Waals surface area (Å²) in [6.07, 6.45) is -4.64. The quantitative estimate of drug-likeness (QED) is 0.340.